The summed E-state index contributed by atoms with van der Waals surface area (Å²) >= 11 is 0. The van der Waals surface area contributed by atoms with Crippen molar-refractivity contribution in [2.45, 2.75) is 19.4 Å². The number of ether oxygens (including phenoxy) is 1. The normalized spacial score (nSPS) is 10.8. The van der Waals surface area contributed by atoms with Crippen LogP contribution in [0.25, 0.3) is 22.3 Å². The molecule has 0 atom stereocenters. The fraction of sp³-hybridized carbons (Fsp3) is 0.200. The molecule has 1 N–H and O–H groups in total. The van der Waals surface area contributed by atoms with Crippen molar-refractivity contribution in [2.75, 3.05) is 13.7 Å². The van der Waals surface area contributed by atoms with Crippen LogP contribution in [0.15, 0.2) is 66.9 Å². The van der Waals surface area contributed by atoms with Crippen molar-refractivity contribution in [3.05, 3.63) is 83.8 Å². The van der Waals surface area contributed by atoms with Gasteiger partial charge in [-0.05, 0) is 30.2 Å². The molecule has 0 spiro atoms. The van der Waals surface area contributed by atoms with Gasteiger partial charge in [-0.15, -0.1) is 0 Å². The van der Waals surface area contributed by atoms with Crippen LogP contribution in [-0.2, 0) is 16.1 Å². The molecule has 4 aromatic rings. The Morgan fingerprint density at radius 3 is 2.67 bits per heavy atom. The fourth-order valence-electron chi connectivity index (χ4n) is 3.55. The van der Waals surface area contributed by atoms with Gasteiger partial charge < -0.3 is 10.1 Å². The number of carbonyl (C=O) groups excluding carboxylic acids is 2. The highest BCUT2D eigenvalue weighted by molar-refractivity contribution is 6.06. The molecule has 8 heteroatoms. The lowest BCUT2D eigenvalue weighted by Gasteiger charge is -2.10. The number of hydrogen-bond acceptors (Lipinski definition) is 5. The van der Waals surface area contributed by atoms with Crippen LogP contribution < -0.4 is 5.32 Å². The van der Waals surface area contributed by atoms with Crippen molar-refractivity contribution in [3.8, 4) is 11.3 Å². The molecule has 7 nitrogen and oxygen atoms in total. The number of halogens is 1. The van der Waals surface area contributed by atoms with Crippen LogP contribution in [0.4, 0.5) is 4.39 Å². The Kier molecular flexibility index (Phi) is 6.73. The molecule has 33 heavy (non-hydrogen) atoms. The number of rotatable bonds is 8. The predicted octanol–water partition coefficient (Wildman–Crippen LogP) is 3.97. The molecule has 0 unspecified atom stereocenters. The zero-order valence-corrected chi connectivity index (χ0v) is 18.1. The average molecular weight is 446 g/mol. The zero-order chi connectivity index (χ0) is 23.2. The van der Waals surface area contributed by atoms with Crippen molar-refractivity contribution in [1.82, 2.24) is 20.1 Å². The minimum atomic E-state index is -0.325. The minimum Gasteiger partial charge on any atom is -0.469 e. The van der Waals surface area contributed by atoms with Gasteiger partial charge >= 0.3 is 5.97 Å². The number of nitrogens with one attached hydrogen (secondary N) is 1. The Morgan fingerprint density at radius 2 is 1.91 bits per heavy atom. The predicted molar refractivity (Wildman–Crippen MR) is 122 cm³/mol. The van der Waals surface area contributed by atoms with E-state index in [1.165, 1.54) is 19.2 Å². The van der Waals surface area contributed by atoms with E-state index in [1.54, 1.807) is 23.0 Å². The van der Waals surface area contributed by atoms with Crippen molar-refractivity contribution in [2.24, 2.45) is 0 Å². The van der Waals surface area contributed by atoms with Gasteiger partial charge in [0, 0.05) is 18.5 Å². The minimum absolute atomic E-state index is 0.226. The van der Waals surface area contributed by atoms with E-state index < -0.39 is 0 Å². The molecule has 0 aliphatic rings. The number of esters is 1. The van der Waals surface area contributed by atoms with E-state index in [1.807, 2.05) is 36.4 Å². The van der Waals surface area contributed by atoms with Crippen molar-refractivity contribution in [1.29, 1.82) is 0 Å². The van der Waals surface area contributed by atoms with Gasteiger partial charge in [-0.3, -0.25) is 9.59 Å². The molecular formula is C25H23FN4O3. The Labute approximate surface area is 190 Å². The number of methoxy groups -OCH3 is 1. The second-order valence-electron chi connectivity index (χ2n) is 7.53. The SMILES string of the molecule is COC(=O)CCCNC(=O)c1cc(-c2ccccc2)nc2c1cnn2Cc1cccc(F)c1. The molecule has 0 saturated heterocycles. The van der Waals surface area contributed by atoms with Gasteiger partial charge in [-0.25, -0.2) is 14.1 Å². The molecular weight excluding hydrogens is 423 g/mol. The van der Waals surface area contributed by atoms with E-state index in [2.05, 4.69) is 15.2 Å². The largest absolute Gasteiger partial charge is 0.469 e. The average Bonchev–Trinajstić information content (AvgIpc) is 3.24. The molecule has 0 aliphatic carbocycles. The van der Waals surface area contributed by atoms with E-state index in [0.717, 1.165) is 11.1 Å². The standard InChI is InChI=1S/C25H23FN4O3/c1-33-23(31)11-6-12-27-25(32)20-14-22(18-8-3-2-4-9-18)29-24-21(20)15-28-30(24)16-17-7-5-10-19(26)13-17/h2-5,7-10,13-15H,6,11-12,16H2,1H3,(H,27,32). The topological polar surface area (TPSA) is 86.1 Å². The maximum atomic E-state index is 13.7. The number of pyridine rings is 1. The highest BCUT2D eigenvalue weighted by Gasteiger charge is 2.18. The maximum absolute atomic E-state index is 13.7. The van der Waals surface area contributed by atoms with Gasteiger partial charge in [0.15, 0.2) is 5.65 Å². The van der Waals surface area contributed by atoms with Crippen molar-refractivity contribution >= 4 is 22.9 Å². The fourth-order valence-corrected chi connectivity index (χ4v) is 3.55. The zero-order valence-electron chi connectivity index (χ0n) is 18.1. The third-order valence-corrected chi connectivity index (χ3v) is 5.22. The molecule has 2 aromatic carbocycles. The number of hydrogen-bond donors (Lipinski definition) is 1. The van der Waals surface area contributed by atoms with E-state index in [0.29, 0.717) is 41.8 Å². The summed E-state index contributed by atoms with van der Waals surface area (Å²) < 4.78 is 19.9. The van der Waals surface area contributed by atoms with Gasteiger partial charge in [0.25, 0.3) is 5.91 Å². The van der Waals surface area contributed by atoms with Crippen LogP contribution in [0.2, 0.25) is 0 Å². The molecule has 0 bridgehead atoms. The van der Waals surface area contributed by atoms with Crippen LogP contribution in [0, 0.1) is 5.82 Å². The lowest BCUT2D eigenvalue weighted by molar-refractivity contribution is -0.140. The molecule has 0 radical (unpaired) electrons. The molecule has 168 valence electrons. The first-order valence-electron chi connectivity index (χ1n) is 10.6. The van der Waals surface area contributed by atoms with E-state index in [4.69, 9.17) is 4.98 Å². The quantitative estimate of drug-likeness (QED) is 0.327. The van der Waals surface area contributed by atoms with Gasteiger partial charge in [0.05, 0.1) is 36.5 Å². The third kappa shape index (κ3) is 5.23. The second kappa shape index (κ2) is 10.0. The van der Waals surface area contributed by atoms with Crippen LogP contribution in [0.5, 0.6) is 0 Å². The Bertz CT molecular complexity index is 1290. The number of benzene rings is 2. The Balaban J connectivity index is 1.68. The Hall–Kier alpha value is -4.07. The van der Waals surface area contributed by atoms with Crippen LogP contribution in [-0.4, -0.2) is 40.3 Å². The number of nitrogens with zero attached hydrogens (tertiary/aromatic N) is 3. The Morgan fingerprint density at radius 1 is 1.09 bits per heavy atom. The van der Waals surface area contributed by atoms with E-state index in [9.17, 15) is 14.0 Å². The first-order valence-corrected chi connectivity index (χ1v) is 10.6. The summed E-state index contributed by atoms with van der Waals surface area (Å²) in [7, 11) is 1.33. The smallest absolute Gasteiger partial charge is 0.305 e. The van der Waals surface area contributed by atoms with Gasteiger partial charge in [0.2, 0.25) is 0 Å². The maximum Gasteiger partial charge on any atom is 0.305 e. The molecule has 4 rings (SSSR count). The van der Waals surface area contributed by atoms with Crippen LogP contribution >= 0.6 is 0 Å². The van der Waals surface area contributed by atoms with Crippen LogP contribution in [0.3, 0.4) is 0 Å². The summed E-state index contributed by atoms with van der Waals surface area (Å²) in [5.74, 6) is -0.927. The number of carbonyl (C=O) groups is 2. The lowest BCUT2D eigenvalue weighted by atomic mass is 10.1. The highest BCUT2D eigenvalue weighted by Crippen LogP contribution is 2.25. The molecule has 0 aliphatic heterocycles. The first kappa shape index (κ1) is 22.1. The van der Waals surface area contributed by atoms with E-state index in [-0.39, 0.29) is 24.1 Å². The summed E-state index contributed by atoms with van der Waals surface area (Å²) in [5, 5.41) is 7.87. The number of aromatic nitrogens is 3. The molecule has 2 aromatic heterocycles. The molecule has 0 fully saturated rings. The van der Waals surface area contributed by atoms with Crippen molar-refractivity contribution < 1.29 is 18.7 Å². The van der Waals surface area contributed by atoms with Gasteiger partial charge in [-0.2, -0.15) is 5.10 Å². The van der Waals surface area contributed by atoms with Crippen molar-refractivity contribution in [3.63, 3.8) is 0 Å². The molecule has 1 amide bonds. The van der Waals surface area contributed by atoms with Crippen LogP contribution in [0.1, 0.15) is 28.8 Å². The number of fused-ring (bicyclic) bond motifs is 1. The summed E-state index contributed by atoms with van der Waals surface area (Å²) in [4.78, 5) is 29.1. The summed E-state index contributed by atoms with van der Waals surface area (Å²) in [6, 6.07) is 17.6. The highest BCUT2D eigenvalue weighted by atomic mass is 19.1. The summed E-state index contributed by atoms with van der Waals surface area (Å²) in [5.41, 5.74) is 3.19. The van der Waals surface area contributed by atoms with E-state index >= 15 is 0 Å². The second-order valence-corrected chi connectivity index (χ2v) is 7.53. The number of amides is 1. The van der Waals surface area contributed by atoms with Gasteiger partial charge in [0.1, 0.15) is 5.82 Å². The summed E-state index contributed by atoms with van der Waals surface area (Å²) in [6.07, 6.45) is 2.29. The molecule has 2 heterocycles. The van der Waals surface area contributed by atoms with Gasteiger partial charge in [-0.1, -0.05) is 42.5 Å². The first-order chi connectivity index (χ1) is 16.0. The summed E-state index contributed by atoms with van der Waals surface area (Å²) in [6.45, 7) is 0.641. The lowest BCUT2D eigenvalue weighted by Crippen LogP contribution is -2.25. The molecule has 0 saturated carbocycles. The monoisotopic (exact) mass is 446 g/mol. The third-order valence-electron chi connectivity index (χ3n) is 5.22.